The van der Waals surface area contributed by atoms with Gasteiger partial charge in [-0.2, -0.15) is 0 Å². The summed E-state index contributed by atoms with van der Waals surface area (Å²) in [6.45, 7) is 10.9. The van der Waals surface area contributed by atoms with Gasteiger partial charge < -0.3 is 33.9 Å². The van der Waals surface area contributed by atoms with E-state index >= 15 is 0 Å². The van der Waals surface area contributed by atoms with Crippen molar-refractivity contribution < 1.29 is 53.6 Å². The molecule has 0 unspecified atom stereocenters. The van der Waals surface area contributed by atoms with Gasteiger partial charge in [-0.25, -0.2) is 9.68 Å². The van der Waals surface area contributed by atoms with Gasteiger partial charge in [-0.05, 0) is 62.8 Å². The van der Waals surface area contributed by atoms with Crippen LogP contribution in [0.4, 0.5) is 0 Å². The van der Waals surface area contributed by atoms with Gasteiger partial charge in [0.1, 0.15) is 23.7 Å². The normalized spacial score (nSPS) is 34.2. The highest BCUT2D eigenvalue weighted by molar-refractivity contribution is 9.10. The third-order valence-corrected chi connectivity index (χ3v) is 10.2. The Bertz CT molecular complexity index is 1250. The Balaban J connectivity index is 1.70. The number of aliphatic hydroxyl groups excluding tert-OH is 1. The predicted octanol–water partition coefficient (Wildman–Crippen LogP) is 5.57. The highest BCUT2D eigenvalue weighted by Gasteiger charge is 2.64. The van der Waals surface area contributed by atoms with E-state index in [1.165, 1.54) is 6.92 Å². The lowest BCUT2D eigenvalue weighted by Gasteiger charge is -2.59. The lowest BCUT2D eigenvalue weighted by Crippen LogP contribution is -2.65. The molecule has 0 saturated carbocycles. The topological polar surface area (TPSA) is 150 Å². The summed E-state index contributed by atoms with van der Waals surface area (Å²) in [4.78, 5) is 31.1. The zero-order chi connectivity index (χ0) is 32.6. The fraction of sp³-hybridized carbons (Fsp3) is 0.688. The van der Waals surface area contributed by atoms with Crippen LogP contribution < -0.4 is 0 Å². The van der Waals surface area contributed by atoms with Crippen LogP contribution in [-0.2, 0) is 38.2 Å². The van der Waals surface area contributed by atoms with E-state index in [0.717, 1.165) is 16.1 Å². The molecule has 2 fully saturated rings. The number of aromatic hydroxyl groups is 1. The highest BCUT2D eigenvalue weighted by Crippen LogP contribution is 2.57. The summed E-state index contributed by atoms with van der Waals surface area (Å²) < 4.78 is 31.6. The summed E-state index contributed by atoms with van der Waals surface area (Å²) in [5.41, 5.74) is -1.37. The summed E-state index contributed by atoms with van der Waals surface area (Å²) in [6.07, 6.45) is -1.30. The summed E-state index contributed by atoms with van der Waals surface area (Å²) >= 11 is 3.56. The van der Waals surface area contributed by atoms with Crippen molar-refractivity contribution in [2.45, 2.75) is 116 Å². The fourth-order valence-corrected chi connectivity index (χ4v) is 7.31. The Labute approximate surface area is 266 Å². The van der Waals surface area contributed by atoms with Gasteiger partial charge in [0.05, 0.1) is 37.2 Å². The van der Waals surface area contributed by atoms with E-state index in [2.05, 4.69) is 22.9 Å². The average Bonchev–Trinajstić information content (AvgIpc) is 2.94. The zero-order valence-electron chi connectivity index (χ0n) is 26.4. The third kappa shape index (κ3) is 6.95. The SMILES string of the molecule is CO[C@@H](CC[C@H](C)[C@H]1O[C@@]23C[C@H](OC(=O)C[C@H]([C@@H](C)O)OC(=O)C=C(O2)[C@@](C)(OO)CC3(C)C)[C@@H]1C)c1cc(O)ccc1Br. The number of cyclic esters (lactones) is 1. The van der Waals surface area contributed by atoms with Crippen LogP contribution in [0.5, 0.6) is 5.75 Å². The van der Waals surface area contributed by atoms with E-state index in [0.29, 0.717) is 12.8 Å². The molecule has 3 N–H and O–H groups in total. The van der Waals surface area contributed by atoms with E-state index < -0.39 is 53.2 Å². The van der Waals surface area contributed by atoms with Crippen LogP contribution in [0.2, 0.25) is 0 Å². The Kier molecular flexibility index (Phi) is 10.4. The molecule has 3 heterocycles. The van der Waals surface area contributed by atoms with Crippen LogP contribution in [0.15, 0.2) is 34.5 Å². The summed E-state index contributed by atoms with van der Waals surface area (Å²) in [6, 6.07) is 5.05. The van der Waals surface area contributed by atoms with Crippen molar-refractivity contribution in [2.75, 3.05) is 7.11 Å². The second kappa shape index (κ2) is 13.3. The molecule has 9 atom stereocenters. The summed E-state index contributed by atoms with van der Waals surface area (Å²) in [5, 5.41) is 30.3. The molecule has 3 bridgehead atoms. The van der Waals surface area contributed by atoms with Gasteiger partial charge in [-0.1, -0.05) is 43.6 Å². The number of fused-ring (bicyclic) bond motifs is 2. The van der Waals surface area contributed by atoms with Crippen molar-refractivity contribution in [1.82, 2.24) is 0 Å². The van der Waals surface area contributed by atoms with E-state index in [9.17, 15) is 25.1 Å². The lowest BCUT2D eigenvalue weighted by molar-refractivity contribution is -0.403. The van der Waals surface area contributed by atoms with Gasteiger partial charge in [0.25, 0.3) is 0 Å². The van der Waals surface area contributed by atoms with Crippen molar-refractivity contribution in [1.29, 1.82) is 0 Å². The third-order valence-electron chi connectivity index (χ3n) is 9.47. The minimum atomic E-state index is -1.40. The number of hydrogen-bond acceptors (Lipinski definition) is 11. The van der Waals surface area contributed by atoms with Gasteiger partial charge in [-0.3, -0.25) is 10.1 Å². The number of hydrogen-bond donors (Lipinski definition) is 3. The first kappa shape index (κ1) is 34.6. The molecular formula is C32H45BrO11. The molecule has 0 amide bonds. The number of halogens is 1. The van der Waals surface area contributed by atoms with E-state index in [4.69, 9.17) is 28.6 Å². The van der Waals surface area contributed by atoms with E-state index in [-0.39, 0.29) is 48.7 Å². The van der Waals surface area contributed by atoms with Crippen molar-refractivity contribution in [3.8, 4) is 5.75 Å². The Morgan fingerprint density at radius 3 is 2.48 bits per heavy atom. The highest BCUT2D eigenvalue weighted by atomic mass is 79.9. The maximum atomic E-state index is 13.2. The fourth-order valence-electron chi connectivity index (χ4n) is 6.81. The van der Waals surface area contributed by atoms with Crippen LogP contribution >= 0.6 is 15.9 Å². The van der Waals surface area contributed by atoms with Gasteiger partial charge >= 0.3 is 11.9 Å². The van der Waals surface area contributed by atoms with Gasteiger partial charge in [0, 0.05) is 22.9 Å². The van der Waals surface area contributed by atoms with E-state index in [1.807, 2.05) is 20.8 Å². The molecule has 2 saturated heterocycles. The largest absolute Gasteiger partial charge is 0.508 e. The van der Waals surface area contributed by atoms with Crippen LogP contribution in [-0.4, -0.2) is 70.3 Å². The quantitative estimate of drug-likeness (QED) is 0.179. The molecule has 1 aromatic carbocycles. The minimum Gasteiger partial charge on any atom is -0.508 e. The number of carbonyl (C=O) groups is 2. The second-order valence-electron chi connectivity index (χ2n) is 13.3. The van der Waals surface area contributed by atoms with Crippen LogP contribution in [0.25, 0.3) is 0 Å². The number of phenols is 1. The molecule has 11 nitrogen and oxygen atoms in total. The molecule has 246 valence electrons. The predicted molar refractivity (Wildman–Crippen MR) is 161 cm³/mol. The molecule has 3 aliphatic rings. The van der Waals surface area contributed by atoms with Crippen molar-refractivity contribution in [2.24, 2.45) is 17.3 Å². The standard InChI is InChI=1S/C32H45BrO11/c1-17(8-11-23(39-7)21-12-20(35)9-10-22(21)33)29-18(2)25-15-32(43-29)30(4,5)16-31(6,44-38)26(42-32)14-28(37)40-24(19(3)34)13-27(36)41-25/h9-10,12,14,17-19,23-25,29,34-35,38H,8,11,13,15-16H2,1-7H3/t17-,18-,19+,23-,24+,25-,29+,31-,32+/m0/s1. The smallest absolute Gasteiger partial charge is 0.334 e. The second-order valence-corrected chi connectivity index (χ2v) is 14.2. The minimum absolute atomic E-state index is 0.00783. The zero-order valence-corrected chi connectivity index (χ0v) is 28.0. The van der Waals surface area contributed by atoms with Gasteiger partial charge in [-0.15, -0.1) is 0 Å². The van der Waals surface area contributed by atoms with Crippen LogP contribution in [0.1, 0.15) is 85.3 Å². The number of methoxy groups -OCH3 is 1. The number of carbonyl (C=O) groups excluding carboxylic acids is 2. The van der Waals surface area contributed by atoms with E-state index in [1.54, 1.807) is 32.2 Å². The number of benzene rings is 1. The molecule has 0 radical (unpaired) electrons. The lowest BCUT2D eigenvalue weighted by atomic mass is 9.66. The van der Waals surface area contributed by atoms with Crippen molar-refractivity contribution in [3.05, 3.63) is 40.1 Å². The number of aliphatic hydroxyl groups is 1. The molecule has 44 heavy (non-hydrogen) atoms. The van der Waals surface area contributed by atoms with Gasteiger partial charge in [0.2, 0.25) is 5.79 Å². The maximum absolute atomic E-state index is 13.2. The molecule has 4 rings (SSSR count). The number of ether oxygens (including phenoxy) is 5. The summed E-state index contributed by atoms with van der Waals surface area (Å²) in [7, 11) is 1.62. The molecule has 1 aromatic rings. The monoisotopic (exact) mass is 684 g/mol. The molecule has 3 aliphatic heterocycles. The molecular weight excluding hydrogens is 640 g/mol. The Morgan fingerprint density at radius 2 is 1.84 bits per heavy atom. The Morgan fingerprint density at radius 1 is 1.14 bits per heavy atom. The first-order chi connectivity index (χ1) is 20.5. The van der Waals surface area contributed by atoms with Crippen LogP contribution in [0.3, 0.4) is 0 Å². The first-order valence-electron chi connectivity index (χ1n) is 15.1. The van der Waals surface area contributed by atoms with Crippen molar-refractivity contribution >= 4 is 27.9 Å². The molecule has 0 aromatic heterocycles. The average molecular weight is 686 g/mol. The first-order valence-corrected chi connectivity index (χ1v) is 15.8. The maximum Gasteiger partial charge on any atom is 0.334 e. The van der Waals surface area contributed by atoms with Crippen LogP contribution in [0, 0.1) is 17.3 Å². The summed E-state index contributed by atoms with van der Waals surface area (Å²) in [5.74, 6) is -3.01. The molecule has 0 aliphatic carbocycles. The van der Waals surface area contributed by atoms with Crippen molar-refractivity contribution in [3.63, 3.8) is 0 Å². The number of rotatable bonds is 8. The van der Waals surface area contributed by atoms with Gasteiger partial charge in [0.15, 0.2) is 5.60 Å². The Hall–Kier alpha value is -2.22. The number of phenolic OH excluding ortho intramolecular Hbond substituents is 1. The molecule has 12 heteroatoms. The molecule has 1 spiro atoms. The number of esters is 2.